The molecule has 2 amide bonds. The molecule has 30 heavy (non-hydrogen) atoms. The number of rotatable bonds is 7. The Morgan fingerprint density at radius 3 is 2.37 bits per heavy atom. The number of carbonyl (C=O) groups is 2. The van der Waals surface area contributed by atoms with Gasteiger partial charge in [0, 0.05) is 30.2 Å². The summed E-state index contributed by atoms with van der Waals surface area (Å²) < 4.78 is 27.7. The molecule has 0 aliphatic heterocycles. The number of aromatic nitrogens is 1. The maximum Gasteiger partial charge on any atom is 0.319 e. The summed E-state index contributed by atoms with van der Waals surface area (Å²) in [6, 6.07) is 15.3. The fourth-order valence-electron chi connectivity index (χ4n) is 2.66. The number of Topliss-reactive ketones (excluding diaryl/α,β-unsaturated/α-hetero) is 1. The van der Waals surface area contributed by atoms with E-state index in [2.05, 4.69) is 20.3 Å². The topological polar surface area (TPSA) is 117 Å². The molecule has 1 heterocycles. The Bertz CT molecular complexity index is 1150. The summed E-state index contributed by atoms with van der Waals surface area (Å²) in [5.74, 6) is -0.245. The lowest BCUT2D eigenvalue weighted by Gasteiger charge is -2.12. The van der Waals surface area contributed by atoms with Crippen LogP contribution >= 0.6 is 0 Å². The van der Waals surface area contributed by atoms with E-state index in [1.807, 2.05) is 6.07 Å². The Balaban J connectivity index is 1.64. The van der Waals surface area contributed by atoms with Crippen molar-refractivity contribution in [1.29, 1.82) is 0 Å². The van der Waals surface area contributed by atoms with E-state index in [1.165, 1.54) is 37.3 Å². The van der Waals surface area contributed by atoms with Crippen molar-refractivity contribution >= 4 is 33.2 Å². The summed E-state index contributed by atoms with van der Waals surface area (Å²) in [5, 5.41) is 5.32. The van der Waals surface area contributed by atoms with Crippen LogP contribution in [0.4, 0.5) is 16.2 Å². The maximum atomic E-state index is 12.6. The third kappa shape index (κ3) is 5.42. The van der Waals surface area contributed by atoms with Crippen LogP contribution in [0.1, 0.15) is 22.8 Å². The van der Waals surface area contributed by atoms with Gasteiger partial charge in [0.1, 0.15) is 0 Å². The van der Waals surface area contributed by atoms with Crippen molar-refractivity contribution in [2.24, 2.45) is 0 Å². The molecular weight excluding hydrogens is 404 g/mol. The van der Waals surface area contributed by atoms with Crippen LogP contribution in [0.25, 0.3) is 0 Å². The van der Waals surface area contributed by atoms with Gasteiger partial charge in [-0.15, -0.1) is 0 Å². The number of hydrogen-bond donors (Lipinski definition) is 3. The summed E-state index contributed by atoms with van der Waals surface area (Å²) in [4.78, 5) is 27.7. The minimum Gasteiger partial charge on any atom is -0.334 e. The molecule has 0 aliphatic rings. The number of sulfonamides is 1. The zero-order valence-corrected chi connectivity index (χ0v) is 16.9. The second-order valence-electron chi connectivity index (χ2n) is 6.40. The second-order valence-corrected chi connectivity index (χ2v) is 8.08. The first-order valence-corrected chi connectivity index (χ1v) is 10.5. The lowest BCUT2D eigenvalue weighted by atomic mass is 10.1. The van der Waals surface area contributed by atoms with Crippen LogP contribution in [-0.4, -0.2) is 25.2 Å². The fraction of sp³-hybridized carbons (Fsp3) is 0.0952. The van der Waals surface area contributed by atoms with Gasteiger partial charge in [-0.3, -0.25) is 14.5 Å². The molecule has 0 saturated heterocycles. The molecule has 0 radical (unpaired) electrons. The van der Waals surface area contributed by atoms with Crippen molar-refractivity contribution in [3.8, 4) is 0 Å². The molecule has 3 rings (SSSR count). The van der Waals surface area contributed by atoms with E-state index in [-0.39, 0.29) is 21.9 Å². The first-order chi connectivity index (χ1) is 14.3. The molecule has 8 nitrogen and oxygen atoms in total. The number of para-hydroxylation sites is 1. The Morgan fingerprint density at radius 1 is 0.967 bits per heavy atom. The van der Waals surface area contributed by atoms with Gasteiger partial charge in [0.15, 0.2) is 5.78 Å². The van der Waals surface area contributed by atoms with Crippen LogP contribution in [0.15, 0.2) is 78.0 Å². The summed E-state index contributed by atoms with van der Waals surface area (Å²) in [6.07, 6.45) is 3.30. The molecule has 3 N–H and O–H groups in total. The van der Waals surface area contributed by atoms with Gasteiger partial charge in [-0.2, -0.15) is 0 Å². The highest BCUT2D eigenvalue weighted by molar-refractivity contribution is 7.92. The standard InChI is InChI=1S/C21H20N4O4S/c1-15(26)19-6-2-3-7-20(19)25-30(28,29)18-10-8-17(9-11-18)24-21(27)23-14-16-5-4-12-22-13-16/h2-13,25H,14H2,1H3,(H2,23,24,27). The SMILES string of the molecule is CC(=O)c1ccccc1NS(=O)(=O)c1ccc(NC(=O)NCc2cccnc2)cc1. The number of amides is 2. The van der Waals surface area contributed by atoms with Crippen molar-refractivity contribution in [2.45, 2.75) is 18.4 Å². The lowest BCUT2D eigenvalue weighted by Crippen LogP contribution is -2.28. The second kappa shape index (κ2) is 9.19. The normalized spacial score (nSPS) is 10.8. The quantitative estimate of drug-likeness (QED) is 0.503. The Morgan fingerprint density at radius 2 is 1.70 bits per heavy atom. The number of nitrogens with zero attached hydrogens (tertiary/aromatic N) is 1. The molecule has 0 saturated carbocycles. The molecule has 9 heteroatoms. The Labute approximate surface area is 174 Å². The number of carbonyl (C=O) groups excluding carboxylic acids is 2. The number of urea groups is 1. The molecule has 0 aliphatic carbocycles. The zero-order valence-electron chi connectivity index (χ0n) is 16.1. The first kappa shape index (κ1) is 21.0. The van der Waals surface area contributed by atoms with E-state index < -0.39 is 16.1 Å². The molecule has 0 fully saturated rings. The summed E-state index contributed by atoms with van der Waals surface area (Å²) in [5.41, 5.74) is 1.78. The number of ketones is 1. The maximum absolute atomic E-state index is 12.6. The van der Waals surface area contributed by atoms with Crippen molar-refractivity contribution in [2.75, 3.05) is 10.0 Å². The lowest BCUT2D eigenvalue weighted by molar-refractivity contribution is 0.101. The van der Waals surface area contributed by atoms with Gasteiger partial charge in [-0.05, 0) is 55.0 Å². The summed E-state index contributed by atoms with van der Waals surface area (Å²) in [7, 11) is -3.90. The third-order valence-corrected chi connectivity index (χ3v) is 5.53. The minimum atomic E-state index is -3.90. The van der Waals surface area contributed by atoms with Crippen LogP contribution in [0.3, 0.4) is 0 Å². The molecule has 3 aromatic rings. The highest BCUT2D eigenvalue weighted by Crippen LogP contribution is 2.21. The van der Waals surface area contributed by atoms with E-state index in [1.54, 1.807) is 36.7 Å². The Hall–Kier alpha value is -3.72. The van der Waals surface area contributed by atoms with Crippen LogP contribution in [0, 0.1) is 0 Å². The number of benzene rings is 2. The predicted molar refractivity (Wildman–Crippen MR) is 114 cm³/mol. The zero-order chi connectivity index (χ0) is 21.6. The molecule has 154 valence electrons. The summed E-state index contributed by atoms with van der Waals surface area (Å²) in [6.45, 7) is 1.68. The van der Waals surface area contributed by atoms with Gasteiger partial charge >= 0.3 is 6.03 Å². The van der Waals surface area contributed by atoms with Gasteiger partial charge in [0.25, 0.3) is 10.0 Å². The van der Waals surface area contributed by atoms with E-state index in [0.29, 0.717) is 12.2 Å². The van der Waals surface area contributed by atoms with Gasteiger partial charge in [-0.1, -0.05) is 18.2 Å². The van der Waals surface area contributed by atoms with Crippen molar-refractivity contribution in [3.05, 3.63) is 84.2 Å². The number of hydrogen-bond acceptors (Lipinski definition) is 5. The largest absolute Gasteiger partial charge is 0.334 e. The molecule has 0 atom stereocenters. The monoisotopic (exact) mass is 424 g/mol. The molecule has 0 bridgehead atoms. The first-order valence-electron chi connectivity index (χ1n) is 9.02. The molecule has 1 aromatic heterocycles. The van der Waals surface area contributed by atoms with E-state index in [4.69, 9.17) is 0 Å². The smallest absolute Gasteiger partial charge is 0.319 e. The van der Waals surface area contributed by atoms with Crippen LogP contribution in [-0.2, 0) is 16.6 Å². The average molecular weight is 424 g/mol. The highest BCUT2D eigenvalue weighted by Gasteiger charge is 2.17. The van der Waals surface area contributed by atoms with Crippen molar-refractivity contribution in [3.63, 3.8) is 0 Å². The Kier molecular flexibility index (Phi) is 6.43. The number of anilines is 2. The average Bonchev–Trinajstić information content (AvgIpc) is 2.73. The van der Waals surface area contributed by atoms with E-state index in [0.717, 1.165) is 5.56 Å². The number of pyridine rings is 1. The van der Waals surface area contributed by atoms with Crippen LogP contribution in [0.2, 0.25) is 0 Å². The molecule has 2 aromatic carbocycles. The van der Waals surface area contributed by atoms with Gasteiger partial charge < -0.3 is 10.6 Å². The van der Waals surface area contributed by atoms with Gasteiger partial charge in [0.05, 0.1) is 10.6 Å². The molecular formula is C21H20N4O4S. The predicted octanol–water partition coefficient (Wildman–Crippen LogP) is 3.41. The van der Waals surface area contributed by atoms with E-state index >= 15 is 0 Å². The minimum absolute atomic E-state index is 0.00201. The highest BCUT2D eigenvalue weighted by atomic mass is 32.2. The van der Waals surface area contributed by atoms with Crippen LogP contribution in [0.5, 0.6) is 0 Å². The number of nitrogens with one attached hydrogen (secondary N) is 3. The van der Waals surface area contributed by atoms with Crippen molar-refractivity contribution in [1.82, 2.24) is 10.3 Å². The summed E-state index contributed by atoms with van der Waals surface area (Å²) >= 11 is 0. The van der Waals surface area contributed by atoms with Crippen molar-refractivity contribution < 1.29 is 18.0 Å². The van der Waals surface area contributed by atoms with E-state index in [9.17, 15) is 18.0 Å². The molecule has 0 spiro atoms. The third-order valence-electron chi connectivity index (χ3n) is 4.15. The molecule has 0 unspecified atom stereocenters. The van der Waals surface area contributed by atoms with Gasteiger partial charge in [0.2, 0.25) is 0 Å². The van der Waals surface area contributed by atoms with Gasteiger partial charge in [-0.25, -0.2) is 13.2 Å². The van der Waals surface area contributed by atoms with Crippen LogP contribution < -0.4 is 15.4 Å². The fourth-order valence-corrected chi connectivity index (χ4v) is 3.74.